The van der Waals surface area contributed by atoms with Crippen LogP contribution >= 0.6 is 382 Å². The lowest BCUT2D eigenvalue weighted by atomic mass is 9.67. The van der Waals surface area contributed by atoms with Gasteiger partial charge in [0.25, 0.3) is 0 Å². The fourth-order valence-corrected chi connectivity index (χ4v) is 30.3. The highest BCUT2D eigenvalue weighted by atomic mass is 80.0. The minimum absolute atomic E-state index is 0.378. The normalized spacial score (nSPS) is 33.1. The van der Waals surface area contributed by atoms with Crippen molar-refractivity contribution < 1.29 is 9.47 Å². The summed E-state index contributed by atoms with van der Waals surface area (Å²) in [5.41, 5.74) is -0.152. The number of hydrogen-bond acceptors (Lipinski definition) is 2. The Morgan fingerprint density at radius 1 is 0.321 bits per heavy atom. The largest absolute Gasteiger partial charge is 0.467 e. The third-order valence-corrected chi connectivity index (χ3v) is 54.6. The molecular formula is C30H10Br24O2. The van der Waals surface area contributed by atoms with Crippen molar-refractivity contribution in [2.45, 2.75) is 44.8 Å². The second-order valence-electron chi connectivity index (χ2n) is 12.0. The average Bonchev–Trinajstić information content (AvgIpc) is 3.12. The van der Waals surface area contributed by atoms with Crippen LogP contribution in [0.3, 0.4) is 0 Å². The molecule has 2 saturated carbocycles. The van der Waals surface area contributed by atoms with E-state index in [1.165, 1.54) is 0 Å². The fourth-order valence-electron chi connectivity index (χ4n) is 6.06. The van der Waals surface area contributed by atoms with E-state index in [0.29, 0.717) is 29.2 Å². The van der Waals surface area contributed by atoms with Gasteiger partial charge in [-0.25, -0.2) is 0 Å². The summed E-state index contributed by atoms with van der Waals surface area (Å²) in [7, 11) is 0. The number of halogens is 24. The molecule has 0 bridgehead atoms. The molecule has 3 aromatic rings. The lowest BCUT2D eigenvalue weighted by Crippen LogP contribution is -2.86. The zero-order valence-electron chi connectivity index (χ0n) is 25.7. The summed E-state index contributed by atoms with van der Waals surface area (Å²) in [4.78, 5) is 0. The fraction of sp³-hybridized carbons (Fsp3) is 0.400. The third kappa shape index (κ3) is 7.46. The van der Waals surface area contributed by atoms with E-state index in [9.17, 15) is 0 Å². The predicted octanol–water partition coefficient (Wildman–Crippen LogP) is 22.2. The van der Waals surface area contributed by atoms with Gasteiger partial charge in [-0.2, -0.15) is 0 Å². The first-order valence-electron chi connectivity index (χ1n) is 14.2. The van der Waals surface area contributed by atoms with Crippen molar-refractivity contribution in [2.75, 3.05) is 0 Å². The van der Waals surface area contributed by atoms with E-state index in [-0.39, 0.29) is 0 Å². The van der Waals surface area contributed by atoms with E-state index >= 15 is 0 Å². The Kier molecular flexibility index (Phi) is 18.5. The van der Waals surface area contributed by atoms with Gasteiger partial charge in [0.15, 0.2) is 12.2 Å². The molecule has 3 aromatic carbocycles. The molecule has 4 unspecified atom stereocenters. The molecule has 0 aliphatic heterocycles. The van der Waals surface area contributed by atoms with Crippen molar-refractivity contribution in [3.63, 3.8) is 0 Å². The Labute approximate surface area is 525 Å². The molecule has 0 aromatic heterocycles. The summed E-state index contributed by atoms with van der Waals surface area (Å²) in [5.74, 6) is 0.378. The molecule has 5 rings (SSSR count). The summed E-state index contributed by atoms with van der Waals surface area (Å²) < 4.78 is 3.82. The Morgan fingerprint density at radius 2 is 0.643 bits per heavy atom. The van der Waals surface area contributed by atoms with Gasteiger partial charge < -0.3 is 9.47 Å². The molecule has 2 fully saturated rings. The third-order valence-electron chi connectivity index (χ3n) is 9.01. The molecule has 2 nitrogen and oxygen atoms in total. The maximum Gasteiger partial charge on any atom is 0.231 e. The summed E-state index contributed by atoms with van der Waals surface area (Å²) in [6, 6.07) is 19.8. The van der Waals surface area contributed by atoms with Crippen LogP contribution in [0.4, 0.5) is 0 Å². The van der Waals surface area contributed by atoms with Crippen molar-refractivity contribution in [1.82, 2.24) is 0 Å². The lowest BCUT2D eigenvalue weighted by molar-refractivity contribution is -0.195. The summed E-state index contributed by atoms with van der Waals surface area (Å²) in [6.07, 6.45) is 0. The Balaban J connectivity index is 2.08. The maximum absolute atomic E-state index is 8.30. The Bertz CT molecular complexity index is 2010. The molecule has 2 aliphatic carbocycles. The van der Waals surface area contributed by atoms with E-state index in [1.54, 1.807) is 0 Å². The van der Waals surface area contributed by atoms with Crippen LogP contribution < -0.4 is 4.74 Å². The molecule has 4 atom stereocenters. The van der Waals surface area contributed by atoms with Crippen LogP contribution in [0.1, 0.15) is 11.1 Å². The van der Waals surface area contributed by atoms with Gasteiger partial charge >= 0.3 is 0 Å². The van der Waals surface area contributed by atoms with Crippen LogP contribution in [0.2, 0.25) is 0 Å². The highest BCUT2D eigenvalue weighted by Crippen LogP contribution is 2.87. The van der Waals surface area contributed by atoms with Crippen molar-refractivity contribution in [3.05, 3.63) is 94.2 Å². The monoisotopic (exact) mass is 2300 g/mol. The molecule has 0 saturated heterocycles. The maximum atomic E-state index is 8.30. The smallest absolute Gasteiger partial charge is 0.231 e. The van der Waals surface area contributed by atoms with Crippen molar-refractivity contribution in [1.29, 1.82) is 0 Å². The number of benzene rings is 3. The Hall–Kier alpha value is 8.94. The molecule has 0 N–H and O–H groups in total. The SMILES string of the molecule is Brc1c(Br)c(Br)c(OC2(Br)C(Br)(Br)C(Br)(Br)C(Br)(Br)C(Br)(Br)C2(Br)OC2(c3ccccc3)C(Br)(Br)C(Br)(Br)C(Br)(Br)C(Br)(Br)C2(Br)c2ccccc2)c(Br)c1Br. The minimum atomic E-state index is -1.84. The molecule has 26 heteroatoms. The molecule has 56 heavy (non-hydrogen) atoms. The van der Waals surface area contributed by atoms with Gasteiger partial charge in [0.2, 0.25) is 9.02 Å². The van der Waals surface area contributed by atoms with Gasteiger partial charge in [-0.1, -0.05) is 331 Å². The quantitative estimate of drug-likeness (QED) is 0.139. The predicted molar refractivity (Wildman–Crippen MR) is 320 cm³/mol. The molecule has 2 aliphatic rings. The summed E-state index contributed by atoms with van der Waals surface area (Å²) >= 11 is 97.5. The van der Waals surface area contributed by atoms with Crippen LogP contribution in [0.15, 0.2) is 83.0 Å². The van der Waals surface area contributed by atoms with Crippen LogP contribution in [-0.2, 0) is 14.7 Å². The number of alkyl halides is 19. The van der Waals surface area contributed by atoms with Gasteiger partial charge in [-0.05, 0) is 123 Å². The van der Waals surface area contributed by atoms with Crippen molar-refractivity contribution in [3.8, 4) is 5.75 Å². The minimum Gasteiger partial charge on any atom is -0.467 e. The number of ether oxygens (including phenoxy) is 2. The highest BCUT2D eigenvalue weighted by molar-refractivity contribution is 9.36. The molecule has 0 amide bonds. The van der Waals surface area contributed by atoms with Crippen LogP contribution in [0, 0.1) is 0 Å². The first kappa shape index (κ1) is 55.9. The standard InChI is InChI=1S/C30H10Br24O2/c31-13-14(32)16(34)18(17(35)15(13)33)55-29(53)27(49,50)25(45,46)26(47,48)28(51,52)30(29,54)56-20(12-9-5-2-6-10-12)19(36,11-7-3-1-4-8-11)21(37,38)23(41,42)24(43,44)22(20,39)40/h1-10H. The van der Waals surface area contributed by atoms with Crippen molar-refractivity contribution >= 4 is 382 Å². The lowest BCUT2D eigenvalue weighted by Gasteiger charge is -2.73. The molecular weight excluding hydrogens is 2310 g/mol. The van der Waals surface area contributed by atoms with Crippen LogP contribution in [-0.4, -0.2) is 34.9 Å². The first-order valence-corrected chi connectivity index (χ1v) is 33.2. The zero-order chi connectivity index (χ0) is 43.1. The first-order chi connectivity index (χ1) is 25.1. The molecule has 0 heterocycles. The molecule has 0 spiro atoms. The number of rotatable bonds is 6. The van der Waals surface area contributed by atoms with Gasteiger partial charge in [0.1, 0.15) is 29.3 Å². The van der Waals surface area contributed by atoms with Crippen LogP contribution in [0.5, 0.6) is 5.75 Å². The summed E-state index contributed by atoms with van der Waals surface area (Å²) in [6.45, 7) is 0. The van der Waals surface area contributed by atoms with Gasteiger partial charge in [-0.3, -0.25) is 0 Å². The topological polar surface area (TPSA) is 18.5 Å². The second kappa shape index (κ2) is 18.5. The van der Waals surface area contributed by atoms with Crippen molar-refractivity contribution in [2.24, 2.45) is 0 Å². The van der Waals surface area contributed by atoms with E-state index in [0.717, 1.165) is 10.0 Å². The molecule has 0 radical (unpaired) electrons. The van der Waals surface area contributed by atoms with E-state index < -0.39 is 44.8 Å². The highest BCUT2D eigenvalue weighted by Gasteiger charge is 2.93. The van der Waals surface area contributed by atoms with Crippen LogP contribution in [0.25, 0.3) is 0 Å². The zero-order valence-corrected chi connectivity index (χ0v) is 63.7. The second-order valence-corrected chi connectivity index (χ2v) is 46.9. The summed E-state index contributed by atoms with van der Waals surface area (Å²) in [5, 5.41) is 0. The van der Waals surface area contributed by atoms with E-state index in [4.69, 9.17) is 9.47 Å². The van der Waals surface area contributed by atoms with Gasteiger partial charge in [0.05, 0.1) is 17.9 Å². The average molecular weight is 2320 g/mol. The van der Waals surface area contributed by atoms with E-state index in [2.05, 4.69) is 382 Å². The van der Waals surface area contributed by atoms with E-state index in [1.807, 2.05) is 60.7 Å². The molecule has 310 valence electrons. The van der Waals surface area contributed by atoms with Gasteiger partial charge in [-0.15, -0.1) is 0 Å². The Morgan fingerprint density at radius 3 is 1.05 bits per heavy atom. The van der Waals surface area contributed by atoms with Gasteiger partial charge in [0, 0.05) is 4.47 Å². The number of hydrogen-bond donors (Lipinski definition) is 0.